The van der Waals surface area contributed by atoms with Crippen molar-refractivity contribution in [3.8, 4) is 0 Å². The van der Waals surface area contributed by atoms with E-state index in [2.05, 4.69) is 116 Å². The van der Waals surface area contributed by atoms with Gasteiger partial charge in [-0.3, -0.25) is 0 Å². The molecule has 5 heteroatoms. The molecule has 0 fully saturated rings. The minimum Gasteiger partial charge on any atom is -0.396 e. The largest absolute Gasteiger partial charge is 0.396 e. The van der Waals surface area contributed by atoms with Gasteiger partial charge in [-0.1, -0.05) is 79.2 Å². The summed E-state index contributed by atoms with van der Waals surface area (Å²) in [5, 5.41) is 19.6. The Bertz CT molecular complexity index is 1560. The Hall–Kier alpha value is -1.74. The summed E-state index contributed by atoms with van der Waals surface area (Å²) in [5.74, 6) is 0. The van der Waals surface area contributed by atoms with E-state index in [1.807, 2.05) is 0 Å². The number of fused-ring (bicyclic) bond motifs is 6. The molecule has 6 rings (SSSR count). The van der Waals surface area contributed by atoms with Crippen LogP contribution in [0.15, 0.2) is 103 Å². The molecular formula is C31H30Cl2OSiZr-2. The first-order valence-electron chi connectivity index (χ1n) is 12.2. The van der Waals surface area contributed by atoms with Gasteiger partial charge in [0.05, 0.1) is 0 Å². The van der Waals surface area contributed by atoms with Crippen molar-refractivity contribution in [3.05, 3.63) is 109 Å². The van der Waals surface area contributed by atoms with Crippen LogP contribution < -0.4 is 0 Å². The summed E-state index contributed by atoms with van der Waals surface area (Å²) in [4.78, 5) is 0. The van der Waals surface area contributed by atoms with E-state index >= 15 is 0 Å². The summed E-state index contributed by atoms with van der Waals surface area (Å²) >= 11 is -1.65. The average molecular weight is 609 g/mol. The first-order chi connectivity index (χ1) is 17.5. The van der Waals surface area contributed by atoms with Crippen LogP contribution in [0.5, 0.6) is 0 Å². The van der Waals surface area contributed by atoms with Crippen molar-refractivity contribution >= 4 is 65.5 Å². The second-order valence-electron chi connectivity index (χ2n) is 9.02. The predicted molar refractivity (Wildman–Crippen MR) is 159 cm³/mol. The van der Waals surface area contributed by atoms with Gasteiger partial charge in [0.1, 0.15) is 0 Å². The third-order valence-corrected chi connectivity index (χ3v) is 26.0. The SMILES string of the molecule is C[Si](C)=[Zr]([Cl])[Cl].OCCCc1cccc2c1[cH-]c1ccccc12.c1ccc2c(c1)[cH-]c1ccccc12. The van der Waals surface area contributed by atoms with Crippen molar-refractivity contribution in [1.29, 1.82) is 0 Å². The fraction of sp³-hybridized carbons (Fsp3) is 0.161. The van der Waals surface area contributed by atoms with Gasteiger partial charge in [0.25, 0.3) is 0 Å². The van der Waals surface area contributed by atoms with Crippen molar-refractivity contribution < 1.29 is 23.1 Å². The number of aryl methyl sites for hydroxylation is 1. The Morgan fingerprint density at radius 2 is 1.11 bits per heavy atom. The van der Waals surface area contributed by atoms with Gasteiger partial charge in [-0.2, -0.15) is 0 Å². The van der Waals surface area contributed by atoms with Crippen molar-refractivity contribution in [3.63, 3.8) is 0 Å². The molecule has 0 aliphatic rings. The van der Waals surface area contributed by atoms with Crippen LogP contribution in [-0.2, 0) is 24.4 Å². The van der Waals surface area contributed by atoms with Crippen LogP contribution in [0, 0.1) is 0 Å². The molecule has 0 aliphatic heterocycles. The summed E-state index contributed by atoms with van der Waals surface area (Å²) in [5.41, 5.74) is 1.12. The number of aliphatic hydroxyl groups is 1. The van der Waals surface area contributed by atoms with Crippen LogP contribution in [0.3, 0.4) is 0 Å². The number of halogens is 2. The molecule has 0 aromatic heterocycles. The van der Waals surface area contributed by atoms with Crippen LogP contribution in [0.1, 0.15) is 12.0 Å². The average Bonchev–Trinajstić information content (AvgIpc) is 3.47. The molecule has 0 saturated heterocycles. The molecule has 184 valence electrons. The third kappa shape index (κ3) is 6.57. The monoisotopic (exact) mass is 606 g/mol. The van der Waals surface area contributed by atoms with E-state index in [1.165, 1.54) is 48.7 Å². The van der Waals surface area contributed by atoms with Crippen LogP contribution in [0.4, 0.5) is 0 Å². The van der Waals surface area contributed by atoms with Crippen molar-refractivity contribution in [2.45, 2.75) is 25.9 Å². The number of hydrogen-bond donors (Lipinski definition) is 1. The maximum Gasteiger partial charge on any atom is 0.0428 e. The smallest absolute Gasteiger partial charge is 0.0428 e. The Morgan fingerprint density at radius 1 is 0.667 bits per heavy atom. The minimum atomic E-state index is -1.65. The van der Waals surface area contributed by atoms with Crippen molar-refractivity contribution in [2.24, 2.45) is 0 Å². The minimum absolute atomic E-state index is 0.224. The summed E-state index contributed by atoms with van der Waals surface area (Å²) in [6, 6.07) is 36.5. The number of rotatable bonds is 3. The first kappa shape index (κ1) is 27.3. The molecule has 0 bridgehead atoms. The zero-order valence-corrected chi connectivity index (χ0v) is 25.6. The van der Waals surface area contributed by atoms with Gasteiger partial charge in [0, 0.05) is 6.61 Å². The van der Waals surface area contributed by atoms with E-state index in [9.17, 15) is 0 Å². The van der Waals surface area contributed by atoms with Gasteiger partial charge in [-0.15, -0.1) is 79.0 Å². The summed E-state index contributed by atoms with van der Waals surface area (Å²) < 4.78 is 0. The van der Waals surface area contributed by atoms with Crippen LogP contribution >= 0.6 is 17.0 Å². The Kier molecular flexibility index (Phi) is 9.99. The van der Waals surface area contributed by atoms with Crippen molar-refractivity contribution in [2.75, 3.05) is 6.61 Å². The quantitative estimate of drug-likeness (QED) is 0.157. The molecule has 0 unspecified atom stereocenters. The molecule has 0 amide bonds. The molecule has 0 saturated carbocycles. The van der Waals surface area contributed by atoms with Gasteiger partial charge < -0.3 is 5.11 Å². The molecule has 1 nitrogen and oxygen atoms in total. The van der Waals surface area contributed by atoms with Gasteiger partial charge >= 0.3 is 53.5 Å². The molecule has 0 atom stereocenters. The topological polar surface area (TPSA) is 20.2 Å². The molecule has 6 aromatic carbocycles. The second-order valence-corrected chi connectivity index (χ2v) is 32.0. The van der Waals surface area contributed by atoms with Gasteiger partial charge in [-0.25, -0.2) is 0 Å². The second kappa shape index (κ2) is 13.2. The maximum absolute atomic E-state index is 8.94. The van der Waals surface area contributed by atoms with E-state index in [4.69, 9.17) is 22.1 Å². The number of benzene rings is 4. The first-order valence-corrected chi connectivity index (χ1v) is 24.7. The fourth-order valence-corrected chi connectivity index (χ4v) is 4.43. The summed E-state index contributed by atoms with van der Waals surface area (Å²) in [7, 11) is 11.2. The van der Waals surface area contributed by atoms with Gasteiger partial charge in [-0.05, 0) is 6.42 Å². The molecular weight excluding hydrogens is 579 g/mol. The normalized spacial score (nSPS) is 10.7. The molecule has 0 radical (unpaired) electrons. The van der Waals surface area contributed by atoms with E-state index < -0.39 is 18.0 Å². The Labute approximate surface area is 228 Å². The molecule has 0 heterocycles. The van der Waals surface area contributed by atoms with E-state index in [0.29, 0.717) is 0 Å². The van der Waals surface area contributed by atoms with E-state index in [-0.39, 0.29) is 12.0 Å². The standard InChI is InChI=1S/C16H15O.C13H9.C2H6Si.2ClH.Zr/c17-10-4-7-12-6-3-9-15-14-8-2-1-5-13(14)11-16(12)15;1-3-7-12-10(5-1)9-11-6-2-4-8-13(11)12;1-3-2;;;/h1-3,5-6,8-9,11,17H,4,7,10H2;1-9H;1-2H3;2*1H;/q2*-1;;;;+2/p-2. The Balaban J connectivity index is 0.000000142. The fourth-order valence-electron chi connectivity index (χ4n) is 4.43. The summed E-state index contributed by atoms with van der Waals surface area (Å²) in [6.07, 6.45) is 1.78. The molecule has 0 aliphatic carbocycles. The molecule has 6 aromatic rings. The predicted octanol–water partition coefficient (Wildman–Crippen LogP) is 9.51. The molecule has 0 spiro atoms. The zero-order chi connectivity index (χ0) is 25.5. The van der Waals surface area contributed by atoms with Crippen LogP contribution in [-0.4, -0.2) is 17.1 Å². The van der Waals surface area contributed by atoms with Gasteiger partial charge in [0.15, 0.2) is 0 Å². The van der Waals surface area contributed by atoms with Crippen LogP contribution in [0.2, 0.25) is 13.1 Å². The third-order valence-electron chi connectivity index (χ3n) is 6.25. The Morgan fingerprint density at radius 3 is 1.61 bits per heavy atom. The van der Waals surface area contributed by atoms with Crippen molar-refractivity contribution in [1.82, 2.24) is 0 Å². The van der Waals surface area contributed by atoms with E-state index in [0.717, 1.165) is 12.8 Å². The summed E-state index contributed by atoms with van der Waals surface area (Å²) in [6.45, 7) is 4.59. The zero-order valence-electron chi connectivity index (χ0n) is 20.6. The van der Waals surface area contributed by atoms with E-state index in [1.54, 1.807) is 0 Å². The molecule has 1 N–H and O–H groups in total. The number of hydrogen-bond acceptors (Lipinski definition) is 1. The molecule has 36 heavy (non-hydrogen) atoms. The van der Waals surface area contributed by atoms with Gasteiger partial charge in [0.2, 0.25) is 0 Å². The number of aliphatic hydroxyl groups excluding tert-OH is 1. The van der Waals surface area contributed by atoms with Crippen LogP contribution in [0.25, 0.3) is 43.1 Å². The maximum atomic E-state index is 8.94.